The van der Waals surface area contributed by atoms with E-state index >= 15 is 0 Å². The molecule has 1 atom stereocenters. The van der Waals surface area contributed by atoms with Gasteiger partial charge in [-0.2, -0.15) is 0 Å². The molecule has 7 nitrogen and oxygen atoms in total. The first-order chi connectivity index (χ1) is 16.0. The lowest BCUT2D eigenvalue weighted by Gasteiger charge is -2.28. The second-order valence-corrected chi connectivity index (χ2v) is 10.2. The molecule has 1 aliphatic heterocycles. The first-order valence-corrected chi connectivity index (χ1v) is 12.8. The van der Waals surface area contributed by atoms with Crippen LogP contribution in [-0.2, 0) is 16.1 Å². The molecular weight excluding hydrogens is 461 g/mol. The van der Waals surface area contributed by atoms with Crippen molar-refractivity contribution in [2.45, 2.75) is 31.6 Å². The van der Waals surface area contributed by atoms with Crippen LogP contribution in [0, 0.1) is 11.7 Å². The first-order valence-electron chi connectivity index (χ1n) is 11.0. The standard InChI is InChI=1S/C23H28FN5O2S2/c1-16(2)14-29-22(28-9-11-31-12-10-28)26-27-23(29)33-15-20(30)25-21(19-4-3-13-32-19)17-5-7-18(24)8-6-17/h3-8,13,16,21H,9-12,14-15H2,1-2H3,(H,25,30). The van der Waals surface area contributed by atoms with E-state index in [9.17, 15) is 9.18 Å². The summed E-state index contributed by atoms with van der Waals surface area (Å²) in [4.78, 5) is 16.1. The topological polar surface area (TPSA) is 72.3 Å². The molecule has 0 aliphatic carbocycles. The number of carbonyl (C=O) groups is 1. The summed E-state index contributed by atoms with van der Waals surface area (Å²) in [6, 6.07) is 9.84. The molecule has 0 spiro atoms. The lowest BCUT2D eigenvalue weighted by molar-refractivity contribution is -0.119. The second kappa shape index (κ2) is 11.1. The Kier molecular flexibility index (Phi) is 8.00. The minimum Gasteiger partial charge on any atom is -0.378 e. The predicted molar refractivity (Wildman–Crippen MR) is 129 cm³/mol. The average Bonchev–Trinajstić information content (AvgIpc) is 3.47. The summed E-state index contributed by atoms with van der Waals surface area (Å²) in [5, 5.41) is 14.6. The molecule has 0 bridgehead atoms. The van der Waals surface area contributed by atoms with E-state index in [1.54, 1.807) is 23.5 Å². The van der Waals surface area contributed by atoms with Crippen LogP contribution in [0.15, 0.2) is 46.9 Å². The van der Waals surface area contributed by atoms with Crippen molar-refractivity contribution in [2.75, 3.05) is 37.0 Å². The van der Waals surface area contributed by atoms with Crippen LogP contribution in [0.1, 0.15) is 30.3 Å². The van der Waals surface area contributed by atoms with E-state index < -0.39 is 0 Å². The molecule has 1 amide bonds. The fraction of sp³-hybridized carbons (Fsp3) is 0.435. The molecule has 33 heavy (non-hydrogen) atoms. The molecule has 4 rings (SSSR count). The van der Waals surface area contributed by atoms with E-state index in [-0.39, 0.29) is 23.5 Å². The third-order valence-electron chi connectivity index (χ3n) is 5.21. The number of carbonyl (C=O) groups excluding carboxylic acids is 1. The third-order valence-corrected chi connectivity index (χ3v) is 7.11. The van der Waals surface area contributed by atoms with Gasteiger partial charge >= 0.3 is 0 Å². The van der Waals surface area contributed by atoms with Crippen molar-refractivity contribution < 1.29 is 13.9 Å². The zero-order valence-electron chi connectivity index (χ0n) is 18.7. The maximum absolute atomic E-state index is 13.4. The molecule has 1 N–H and O–H groups in total. The molecule has 1 fully saturated rings. The number of thiophene rings is 1. The SMILES string of the molecule is CC(C)Cn1c(SCC(=O)NC(c2ccc(F)cc2)c2cccs2)nnc1N1CCOCC1. The van der Waals surface area contributed by atoms with Crippen LogP contribution < -0.4 is 10.2 Å². The van der Waals surface area contributed by atoms with Gasteiger partial charge in [-0.3, -0.25) is 9.36 Å². The van der Waals surface area contributed by atoms with E-state index in [0.29, 0.717) is 19.1 Å². The maximum Gasteiger partial charge on any atom is 0.231 e. The van der Waals surface area contributed by atoms with Crippen molar-refractivity contribution in [3.63, 3.8) is 0 Å². The smallest absolute Gasteiger partial charge is 0.231 e. The number of nitrogens with one attached hydrogen (secondary N) is 1. The van der Waals surface area contributed by atoms with Gasteiger partial charge in [-0.15, -0.1) is 21.5 Å². The lowest BCUT2D eigenvalue weighted by atomic mass is 10.1. The largest absolute Gasteiger partial charge is 0.378 e. The Morgan fingerprint density at radius 2 is 1.97 bits per heavy atom. The number of thioether (sulfide) groups is 1. The molecule has 176 valence electrons. The van der Waals surface area contributed by atoms with Crippen LogP contribution in [0.25, 0.3) is 0 Å². The van der Waals surface area contributed by atoms with E-state index in [1.165, 1.54) is 23.9 Å². The van der Waals surface area contributed by atoms with Gasteiger partial charge in [-0.05, 0) is 35.1 Å². The van der Waals surface area contributed by atoms with Crippen molar-refractivity contribution in [1.82, 2.24) is 20.1 Å². The van der Waals surface area contributed by atoms with Crippen LogP contribution >= 0.6 is 23.1 Å². The molecule has 0 radical (unpaired) electrons. The lowest BCUT2D eigenvalue weighted by Crippen LogP contribution is -2.38. The van der Waals surface area contributed by atoms with Crippen LogP contribution in [0.5, 0.6) is 0 Å². The van der Waals surface area contributed by atoms with Crippen molar-refractivity contribution in [3.8, 4) is 0 Å². The number of hydrogen-bond acceptors (Lipinski definition) is 7. The van der Waals surface area contributed by atoms with Gasteiger partial charge in [0.2, 0.25) is 11.9 Å². The summed E-state index contributed by atoms with van der Waals surface area (Å²) in [5.41, 5.74) is 0.842. The highest BCUT2D eigenvalue weighted by Crippen LogP contribution is 2.28. The third kappa shape index (κ3) is 6.13. The van der Waals surface area contributed by atoms with E-state index in [2.05, 4.69) is 38.8 Å². The zero-order valence-corrected chi connectivity index (χ0v) is 20.4. The molecule has 10 heteroatoms. The first kappa shape index (κ1) is 23.7. The summed E-state index contributed by atoms with van der Waals surface area (Å²) < 4.78 is 21.0. The van der Waals surface area contributed by atoms with E-state index in [0.717, 1.165) is 41.2 Å². The summed E-state index contributed by atoms with van der Waals surface area (Å²) in [7, 11) is 0. The number of aromatic nitrogens is 3. The Labute approximate surface area is 201 Å². The predicted octanol–water partition coefficient (Wildman–Crippen LogP) is 3.97. The van der Waals surface area contributed by atoms with Crippen LogP contribution in [0.3, 0.4) is 0 Å². The zero-order chi connectivity index (χ0) is 23.2. The highest BCUT2D eigenvalue weighted by molar-refractivity contribution is 7.99. The Hall–Kier alpha value is -2.43. The number of halogens is 1. The molecule has 1 unspecified atom stereocenters. The normalized spacial score (nSPS) is 15.1. The monoisotopic (exact) mass is 489 g/mol. The van der Waals surface area contributed by atoms with Crippen LogP contribution in [-0.4, -0.2) is 52.7 Å². The number of nitrogens with zero attached hydrogens (tertiary/aromatic N) is 4. The maximum atomic E-state index is 13.4. The van der Waals surface area contributed by atoms with Crippen molar-refractivity contribution in [1.29, 1.82) is 0 Å². The van der Waals surface area contributed by atoms with Crippen molar-refractivity contribution in [2.24, 2.45) is 5.92 Å². The number of rotatable bonds is 9. The van der Waals surface area contributed by atoms with Gasteiger partial charge in [0.05, 0.1) is 25.0 Å². The molecule has 1 aromatic carbocycles. The van der Waals surface area contributed by atoms with Gasteiger partial charge < -0.3 is 15.0 Å². The molecule has 1 saturated heterocycles. The Morgan fingerprint density at radius 1 is 1.21 bits per heavy atom. The fourth-order valence-corrected chi connectivity index (χ4v) is 5.23. The van der Waals surface area contributed by atoms with Gasteiger partial charge in [0.1, 0.15) is 5.82 Å². The van der Waals surface area contributed by atoms with Gasteiger partial charge in [0.15, 0.2) is 5.16 Å². The number of ether oxygens (including phenoxy) is 1. The molecule has 3 aromatic rings. The minimum absolute atomic E-state index is 0.116. The molecule has 0 saturated carbocycles. The number of amides is 1. The Morgan fingerprint density at radius 3 is 2.64 bits per heavy atom. The fourth-order valence-electron chi connectivity index (χ4n) is 3.67. The number of hydrogen-bond donors (Lipinski definition) is 1. The molecule has 3 heterocycles. The summed E-state index contributed by atoms with van der Waals surface area (Å²) in [5.74, 6) is 1.04. The summed E-state index contributed by atoms with van der Waals surface area (Å²) in [6.45, 7) is 7.98. The molecular formula is C23H28FN5O2S2. The number of anilines is 1. The molecule has 1 aliphatic rings. The van der Waals surface area contributed by atoms with E-state index in [1.807, 2.05) is 17.5 Å². The van der Waals surface area contributed by atoms with Crippen LogP contribution in [0.4, 0.5) is 10.3 Å². The average molecular weight is 490 g/mol. The van der Waals surface area contributed by atoms with Crippen molar-refractivity contribution in [3.05, 3.63) is 58.0 Å². The second-order valence-electron chi connectivity index (χ2n) is 8.24. The van der Waals surface area contributed by atoms with Gasteiger partial charge in [0, 0.05) is 24.5 Å². The van der Waals surface area contributed by atoms with Crippen molar-refractivity contribution >= 4 is 35.0 Å². The quantitative estimate of drug-likeness (QED) is 0.459. The number of benzene rings is 1. The van der Waals surface area contributed by atoms with E-state index in [4.69, 9.17) is 4.74 Å². The van der Waals surface area contributed by atoms with Gasteiger partial charge in [-0.1, -0.05) is 43.8 Å². The molecule has 2 aromatic heterocycles. The highest BCUT2D eigenvalue weighted by atomic mass is 32.2. The minimum atomic E-state index is -0.323. The Balaban J connectivity index is 1.46. The highest BCUT2D eigenvalue weighted by Gasteiger charge is 2.23. The summed E-state index contributed by atoms with van der Waals surface area (Å²) in [6.07, 6.45) is 0. The van der Waals surface area contributed by atoms with Gasteiger partial charge in [-0.25, -0.2) is 4.39 Å². The summed E-state index contributed by atoms with van der Waals surface area (Å²) >= 11 is 2.94. The van der Waals surface area contributed by atoms with Gasteiger partial charge in [0.25, 0.3) is 0 Å². The number of morpholine rings is 1. The van der Waals surface area contributed by atoms with Crippen LogP contribution in [0.2, 0.25) is 0 Å². The Bertz CT molecular complexity index is 1030.